The highest BCUT2D eigenvalue weighted by Gasteiger charge is 2.17. The van der Waals surface area contributed by atoms with Crippen LogP contribution in [0.4, 0.5) is 5.69 Å². The third-order valence-electron chi connectivity index (χ3n) is 2.34. The molecular formula is C10H13N5O2S. The first-order valence-electron chi connectivity index (χ1n) is 5.24. The Morgan fingerprint density at radius 2 is 2.11 bits per heavy atom. The summed E-state index contributed by atoms with van der Waals surface area (Å²) >= 11 is 0. The van der Waals surface area contributed by atoms with E-state index in [1.807, 2.05) is 0 Å². The summed E-state index contributed by atoms with van der Waals surface area (Å²) in [4.78, 5) is 4.05. The zero-order chi connectivity index (χ0) is 13.0. The lowest BCUT2D eigenvalue weighted by molar-refractivity contribution is 0.579. The molecule has 0 unspecified atom stereocenters. The van der Waals surface area contributed by atoms with Crippen molar-refractivity contribution in [2.75, 3.05) is 12.4 Å². The lowest BCUT2D eigenvalue weighted by Crippen LogP contribution is -2.24. The second kappa shape index (κ2) is 5.15. The van der Waals surface area contributed by atoms with Gasteiger partial charge in [0.25, 0.3) is 0 Å². The van der Waals surface area contributed by atoms with Gasteiger partial charge in [0.15, 0.2) is 0 Å². The predicted octanol–water partition coefficient (Wildman–Crippen LogP) is 0.325. The quantitative estimate of drug-likeness (QED) is 0.724. The second-order valence-electron chi connectivity index (χ2n) is 3.50. The number of nitrogens with zero attached hydrogens (tertiary/aromatic N) is 2. The van der Waals surface area contributed by atoms with E-state index in [2.05, 4.69) is 25.2 Å². The molecule has 18 heavy (non-hydrogen) atoms. The Kier molecular flexibility index (Phi) is 3.58. The van der Waals surface area contributed by atoms with E-state index in [4.69, 9.17) is 0 Å². The fourth-order valence-corrected chi connectivity index (χ4v) is 2.66. The van der Waals surface area contributed by atoms with Gasteiger partial charge < -0.3 is 5.32 Å². The van der Waals surface area contributed by atoms with Crippen molar-refractivity contribution >= 4 is 15.7 Å². The van der Waals surface area contributed by atoms with Gasteiger partial charge in [0.2, 0.25) is 10.0 Å². The third kappa shape index (κ3) is 2.66. The van der Waals surface area contributed by atoms with Crippen LogP contribution in [0.2, 0.25) is 0 Å². The summed E-state index contributed by atoms with van der Waals surface area (Å²) in [6.45, 7) is 0.0698. The van der Waals surface area contributed by atoms with Gasteiger partial charge in [-0.25, -0.2) is 18.1 Å². The average molecular weight is 267 g/mol. The van der Waals surface area contributed by atoms with E-state index in [1.54, 1.807) is 25.2 Å². The number of aromatic nitrogens is 3. The molecule has 96 valence electrons. The molecule has 0 saturated heterocycles. The largest absolute Gasteiger partial charge is 0.387 e. The lowest BCUT2D eigenvalue weighted by atomic mass is 10.3. The van der Waals surface area contributed by atoms with Crippen molar-refractivity contribution in [3.63, 3.8) is 0 Å². The van der Waals surface area contributed by atoms with Crippen LogP contribution >= 0.6 is 0 Å². The van der Waals surface area contributed by atoms with Crippen molar-refractivity contribution in [1.82, 2.24) is 19.9 Å². The summed E-state index contributed by atoms with van der Waals surface area (Å²) < 4.78 is 26.6. The molecule has 0 amide bonds. The van der Waals surface area contributed by atoms with Gasteiger partial charge in [-0.15, -0.1) is 0 Å². The normalized spacial score (nSPS) is 11.4. The Morgan fingerprint density at radius 1 is 1.33 bits per heavy atom. The maximum Gasteiger partial charge on any atom is 0.243 e. The second-order valence-corrected chi connectivity index (χ2v) is 5.24. The lowest BCUT2D eigenvalue weighted by Gasteiger charge is -2.10. The SMILES string of the molecule is CNc1ccccc1S(=O)(=O)NCc1ncn[nH]1. The summed E-state index contributed by atoms with van der Waals surface area (Å²) in [5.74, 6) is 0.459. The highest BCUT2D eigenvalue weighted by atomic mass is 32.2. The summed E-state index contributed by atoms with van der Waals surface area (Å²) in [7, 11) is -1.91. The van der Waals surface area contributed by atoms with E-state index in [9.17, 15) is 8.42 Å². The van der Waals surface area contributed by atoms with Gasteiger partial charge in [-0.1, -0.05) is 12.1 Å². The van der Waals surface area contributed by atoms with Crippen molar-refractivity contribution in [2.45, 2.75) is 11.4 Å². The highest BCUT2D eigenvalue weighted by molar-refractivity contribution is 7.89. The molecule has 0 bridgehead atoms. The van der Waals surface area contributed by atoms with Crippen molar-refractivity contribution in [2.24, 2.45) is 0 Å². The third-order valence-corrected chi connectivity index (χ3v) is 3.80. The van der Waals surface area contributed by atoms with E-state index in [-0.39, 0.29) is 11.4 Å². The van der Waals surface area contributed by atoms with Crippen LogP contribution in [-0.2, 0) is 16.6 Å². The van der Waals surface area contributed by atoms with Gasteiger partial charge in [0.05, 0.1) is 12.2 Å². The number of anilines is 1. The maximum absolute atomic E-state index is 12.1. The molecule has 3 N–H and O–H groups in total. The van der Waals surface area contributed by atoms with Crippen molar-refractivity contribution in [1.29, 1.82) is 0 Å². The fourth-order valence-electron chi connectivity index (χ4n) is 1.46. The molecule has 1 aromatic carbocycles. The fraction of sp³-hybridized carbons (Fsp3) is 0.200. The first kappa shape index (κ1) is 12.5. The molecule has 2 rings (SSSR count). The molecule has 0 aliphatic carbocycles. The first-order chi connectivity index (χ1) is 8.63. The number of H-pyrrole nitrogens is 1. The molecular weight excluding hydrogens is 254 g/mol. The van der Waals surface area contributed by atoms with Crippen LogP contribution in [0.15, 0.2) is 35.5 Å². The summed E-state index contributed by atoms with van der Waals surface area (Å²) in [6, 6.07) is 6.67. The van der Waals surface area contributed by atoms with Gasteiger partial charge in [-0.2, -0.15) is 5.10 Å². The minimum Gasteiger partial charge on any atom is -0.387 e. The number of benzene rings is 1. The first-order valence-corrected chi connectivity index (χ1v) is 6.72. The molecule has 0 fully saturated rings. The van der Waals surface area contributed by atoms with E-state index >= 15 is 0 Å². The Balaban J connectivity index is 2.20. The summed E-state index contributed by atoms with van der Waals surface area (Å²) in [6.07, 6.45) is 1.32. The van der Waals surface area contributed by atoms with Gasteiger partial charge >= 0.3 is 0 Å². The van der Waals surface area contributed by atoms with E-state index < -0.39 is 10.0 Å². The Labute approximate surface area is 105 Å². The van der Waals surface area contributed by atoms with Gasteiger partial charge in [0, 0.05) is 7.05 Å². The molecule has 1 aromatic heterocycles. The van der Waals surface area contributed by atoms with E-state index in [1.165, 1.54) is 12.4 Å². The molecule has 0 radical (unpaired) electrons. The molecule has 0 atom stereocenters. The molecule has 0 aliphatic heterocycles. The summed E-state index contributed by atoms with van der Waals surface area (Å²) in [5.41, 5.74) is 0.544. The number of nitrogens with one attached hydrogen (secondary N) is 3. The van der Waals surface area contributed by atoms with Crippen molar-refractivity contribution in [3.05, 3.63) is 36.4 Å². The monoisotopic (exact) mass is 267 g/mol. The molecule has 1 heterocycles. The Hall–Kier alpha value is -1.93. The topological polar surface area (TPSA) is 99.8 Å². The minimum atomic E-state index is -3.58. The van der Waals surface area contributed by atoms with Crippen LogP contribution in [0.1, 0.15) is 5.82 Å². The average Bonchev–Trinajstić information content (AvgIpc) is 2.89. The van der Waals surface area contributed by atoms with Crippen LogP contribution in [0.3, 0.4) is 0 Å². The van der Waals surface area contributed by atoms with Crippen LogP contribution < -0.4 is 10.0 Å². The Morgan fingerprint density at radius 3 is 2.78 bits per heavy atom. The van der Waals surface area contributed by atoms with Gasteiger partial charge in [-0.3, -0.25) is 5.10 Å². The standard InChI is InChI=1S/C10H13N5O2S/c1-11-8-4-2-3-5-9(8)18(16,17)14-6-10-12-7-13-15-10/h2-5,7,11,14H,6H2,1H3,(H,12,13,15). The Bertz CT molecular complexity index is 609. The van der Waals surface area contributed by atoms with E-state index in [0.29, 0.717) is 11.5 Å². The number of aromatic amines is 1. The zero-order valence-corrected chi connectivity index (χ0v) is 10.5. The number of para-hydroxylation sites is 1. The molecule has 0 spiro atoms. The van der Waals surface area contributed by atoms with Crippen molar-refractivity contribution in [3.8, 4) is 0 Å². The number of rotatable bonds is 5. The molecule has 2 aromatic rings. The summed E-state index contributed by atoms with van der Waals surface area (Å²) in [5, 5.41) is 9.07. The zero-order valence-electron chi connectivity index (χ0n) is 9.71. The number of hydrogen-bond acceptors (Lipinski definition) is 5. The highest BCUT2D eigenvalue weighted by Crippen LogP contribution is 2.19. The van der Waals surface area contributed by atoms with Crippen molar-refractivity contribution < 1.29 is 8.42 Å². The molecule has 7 nitrogen and oxygen atoms in total. The van der Waals surface area contributed by atoms with Crippen LogP contribution in [0.5, 0.6) is 0 Å². The number of sulfonamides is 1. The smallest absolute Gasteiger partial charge is 0.243 e. The van der Waals surface area contributed by atoms with Gasteiger partial charge in [0.1, 0.15) is 17.0 Å². The number of hydrogen-bond donors (Lipinski definition) is 3. The van der Waals surface area contributed by atoms with Crippen LogP contribution in [0.25, 0.3) is 0 Å². The molecule has 0 saturated carbocycles. The molecule has 0 aliphatic rings. The van der Waals surface area contributed by atoms with Crippen LogP contribution in [-0.4, -0.2) is 30.6 Å². The minimum absolute atomic E-state index is 0.0698. The predicted molar refractivity (Wildman–Crippen MR) is 66.4 cm³/mol. The maximum atomic E-state index is 12.1. The van der Waals surface area contributed by atoms with Gasteiger partial charge in [-0.05, 0) is 12.1 Å². The molecule has 8 heteroatoms. The van der Waals surface area contributed by atoms with Crippen LogP contribution in [0, 0.1) is 0 Å². The van der Waals surface area contributed by atoms with E-state index in [0.717, 1.165) is 0 Å².